The number of hydrogen-bond acceptors (Lipinski definition) is 3. The second-order valence-electron chi connectivity index (χ2n) is 3.38. The van der Waals surface area contributed by atoms with Gasteiger partial charge >= 0.3 is 0 Å². The molecule has 0 bridgehead atoms. The number of halogens is 1. The topological polar surface area (TPSA) is 44.5 Å². The third-order valence-corrected chi connectivity index (χ3v) is 2.22. The molecule has 90 valence electrons. The van der Waals surface area contributed by atoms with Crippen LogP contribution in [-0.4, -0.2) is 26.9 Å². The van der Waals surface area contributed by atoms with Crippen LogP contribution in [0.1, 0.15) is 12.0 Å². The largest absolute Gasteiger partial charge is 0.493 e. The monoisotopic (exact) mass is 227 g/mol. The molecule has 0 aliphatic rings. The first kappa shape index (κ1) is 12.8. The van der Waals surface area contributed by atoms with Gasteiger partial charge in [-0.3, -0.25) is 4.39 Å². The van der Waals surface area contributed by atoms with Crippen molar-refractivity contribution in [1.29, 1.82) is 0 Å². The smallest absolute Gasteiger partial charge is 0.164 e. The molecule has 0 spiro atoms. The van der Waals surface area contributed by atoms with Crippen LogP contribution in [0.15, 0.2) is 18.2 Å². The summed E-state index contributed by atoms with van der Waals surface area (Å²) in [4.78, 5) is 0. The van der Waals surface area contributed by atoms with Gasteiger partial charge in [-0.2, -0.15) is 0 Å². The van der Waals surface area contributed by atoms with Crippen molar-refractivity contribution in [3.63, 3.8) is 0 Å². The summed E-state index contributed by atoms with van der Waals surface area (Å²) in [6.07, 6.45) is 1.11. The van der Waals surface area contributed by atoms with Crippen LogP contribution in [0.2, 0.25) is 0 Å². The first-order chi connectivity index (χ1) is 7.83. The van der Waals surface area contributed by atoms with E-state index < -0.39 is 0 Å². The minimum Gasteiger partial charge on any atom is -0.493 e. The van der Waals surface area contributed by atoms with E-state index in [4.69, 9.17) is 15.2 Å². The molecule has 0 fully saturated rings. The molecule has 0 atom stereocenters. The van der Waals surface area contributed by atoms with Crippen LogP contribution < -0.4 is 15.2 Å². The predicted molar refractivity (Wildman–Crippen MR) is 61.8 cm³/mol. The molecule has 16 heavy (non-hydrogen) atoms. The molecule has 0 saturated carbocycles. The second kappa shape index (κ2) is 7.06. The van der Waals surface area contributed by atoms with Gasteiger partial charge in [0.05, 0.1) is 20.4 Å². The number of hydrogen-bond donors (Lipinski definition) is 1. The number of ether oxygens (including phenoxy) is 2. The van der Waals surface area contributed by atoms with Gasteiger partial charge < -0.3 is 15.2 Å². The summed E-state index contributed by atoms with van der Waals surface area (Å²) < 4.78 is 22.7. The lowest BCUT2D eigenvalue weighted by molar-refractivity contribution is 0.271. The quantitative estimate of drug-likeness (QED) is 0.724. The maximum absolute atomic E-state index is 12.0. The highest BCUT2D eigenvalue weighted by Gasteiger charge is 2.09. The SMILES string of the molecule is COc1cccc(CCN)c1OCCCF. The Hall–Kier alpha value is -1.29. The van der Waals surface area contributed by atoms with Crippen molar-refractivity contribution in [2.24, 2.45) is 5.73 Å². The molecule has 0 radical (unpaired) electrons. The number of benzene rings is 1. The average Bonchev–Trinajstić information content (AvgIpc) is 2.31. The highest BCUT2D eigenvalue weighted by Crippen LogP contribution is 2.31. The van der Waals surface area contributed by atoms with E-state index in [2.05, 4.69) is 0 Å². The van der Waals surface area contributed by atoms with E-state index in [1.165, 1.54) is 0 Å². The number of methoxy groups -OCH3 is 1. The molecule has 1 rings (SSSR count). The maximum atomic E-state index is 12.0. The number of alkyl halides is 1. The number of nitrogens with two attached hydrogens (primary N) is 1. The molecule has 4 heteroatoms. The Morgan fingerprint density at radius 3 is 2.81 bits per heavy atom. The molecule has 1 aromatic carbocycles. The Kier molecular flexibility index (Phi) is 5.64. The number of para-hydroxylation sites is 1. The number of rotatable bonds is 7. The summed E-state index contributed by atoms with van der Waals surface area (Å²) in [6.45, 7) is 0.530. The summed E-state index contributed by atoms with van der Waals surface area (Å²) in [7, 11) is 1.59. The summed E-state index contributed by atoms with van der Waals surface area (Å²) in [5.41, 5.74) is 6.52. The van der Waals surface area contributed by atoms with Gasteiger partial charge in [0, 0.05) is 6.42 Å². The van der Waals surface area contributed by atoms with E-state index >= 15 is 0 Å². The normalized spacial score (nSPS) is 10.2. The van der Waals surface area contributed by atoms with Gasteiger partial charge in [0.25, 0.3) is 0 Å². The van der Waals surface area contributed by atoms with Crippen LogP contribution in [-0.2, 0) is 6.42 Å². The van der Waals surface area contributed by atoms with Crippen LogP contribution in [0.25, 0.3) is 0 Å². The zero-order valence-corrected chi connectivity index (χ0v) is 9.54. The Labute approximate surface area is 95.4 Å². The highest BCUT2D eigenvalue weighted by atomic mass is 19.1. The molecular weight excluding hydrogens is 209 g/mol. The summed E-state index contributed by atoms with van der Waals surface area (Å²) in [6, 6.07) is 5.66. The Morgan fingerprint density at radius 2 is 2.19 bits per heavy atom. The lowest BCUT2D eigenvalue weighted by Crippen LogP contribution is -2.07. The van der Waals surface area contributed by atoms with Crippen LogP contribution >= 0.6 is 0 Å². The van der Waals surface area contributed by atoms with Crippen molar-refractivity contribution >= 4 is 0 Å². The van der Waals surface area contributed by atoms with Crippen molar-refractivity contribution in [3.8, 4) is 11.5 Å². The Morgan fingerprint density at radius 1 is 1.38 bits per heavy atom. The summed E-state index contributed by atoms with van der Waals surface area (Å²) >= 11 is 0. The second-order valence-corrected chi connectivity index (χ2v) is 3.38. The minimum absolute atomic E-state index is 0.356. The Bertz CT molecular complexity index is 318. The molecule has 0 heterocycles. The van der Waals surface area contributed by atoms with Gasteiger partial charge in [0.15, 0.2) is 11.5 Å². The van der Waals surface area contributed by atoms with Gasteiger partial charge in [-0.15, -0.1) is 0 Å². The first-order valence-corrected chi connectivity index (χ1v) is 5.38. The van der Waals surface area contributed by atoms with E-state index in [0.717, 1.165) is 12.0 Å². The molecule has 0 amide bonds. The minimum atomic E-state index is -0.374. The lowest BCUT2D eigenvalue weighted by atomic mass is 10.1. The van der Waals surface area contributed by atoms with Crippen molar-refractivity contribution in [3.05, 3.63) is 23.8 Å². The van der Waals surface area contributed by atoms with Crippen molar-refractivity contribution in [2.75, 3.05) is 26.9 Å². The van der Waals surface area contributed by atoms with E-state index in [-0.39, 0.29) is 6.67 Å². The van der Waals surface area contributed by atoms with Crippen molar-refractivity contribution < 1.29 is 13.9 Å². The molecule has 0 aromatic heterocycles. The van der Waals surface area contributed by atoms with Gasteiger partial charge in [0.1, 0.15) is 0 Å². The fourth-order valence-electron chi connectivity index (χ4n) is 1.47. The Balaban J connectivity index is 2.81. The molecule has 2 N–H and O–H groups in total. The molecule has 0 saturated heterocycles. The average molecular weight is 227 g/mol. The van der Waals surface area contributed by atoms with Crippen LogP contribution in [0.4, 0.5) is 4.39 Å². The summed E-state index contributed by atoms with van der Waals surface area (Å²) in [5.74, 6) is 1.36. The zero-order chi connectivity index (χ0) is 11.8. The van der Waals surface area contributed by atoms with Crippen LogP contribution in [0.3, 0.4) is 0 Å². The van der Waals surface area contributed by atoms with E-state index in [0.29, 0.717) is 31.1 Å². The summed E-state index contributed by atoms with van der Waals surface area (Å²) in [5, 5.41) is 0. The van der Waals surface area contributed by atoms with Crippen LogP contribution in [0.5, 0.6) is 11.5 Å². The molecule has 0 unspecified atom stereocenters. The van der Waals surface area contributed by atoms with E-state index in [1.54, 1.807) is 7.11 Å². The van der Waals surface area contributed by atoms with E-state index in [1.807, 2.05) is 18.2 Å². The van der Waals surface area contributed by atoms with Gasteiger partial charge in [-0.1, -0.05) is 12.1 Å². The molecule has 0 aliphatic carbocycles. The third-order valence-electron chi connectivity index (χ3n) is 2.22. The molecule has 3 nitrogen and oxygen atoms in total. The van der Waals surface area contributed by atoms with Gasteiger partial charge in [-0.05, 0) is 24.6 Å². The predicted octanol–water partition coefficient (Wildman–Crippen LogP) is 1.93. The first-order valence-electron chi connectivity index (χ1n) is 5.38. The zero-order valence-electron chi connectivity index (χ0n) is 9.54. The fraction of sp³-hybridized carbons (Fsp3) is 0.500. The standard InChI is InChI=1S/C12H18FNO2/c1-15-11-5-2-4-10(6-8-14)12(11)16-9-3-7-13/h2,4-5H,3,6-9,14H2,1H3. The maximum Gasteiger partial charge on any atom is 0.164 e. The lowest BCUT2D eigenvalue weighted by Gasteiger charge is -2.14. The molecule has 0 aliphatic heterocycles. The molecular formula is C12H18FNO2. The van der Waals surface area contributed by atoms with E-state index in [9.17, 15) is 4.39 Å². The fourth-order valence-corrected chi connectivity index (χ4v) is 1.47. The third kappa shape index (κ3) is 3.38. The highest BCUT2D eigenvalue weighted by molar-refractivity contribution is 5.46. The van der Waals surface area contributed by atoms with Gasteiger partial charge in [0.2, 0.25) is 0 Å². The van der Waals surface area contributed by atoms with Crippen molar-refractivity contribution in [2.45, 2.75) is 12.8 Å². The molecule has 1 aromatic rings. The van der Waals surface area contributed by atoms with Gasteiger partial charge in [-0.25, -0.2) is 0 Å². The van der Waals surface area contributed by atoms with Crippen molar-refractivity contribution in [1.82, 2.24) is 0 Å². The van der Waals surface area contributed by atoms with Crippen LogP contribution in [0, 0.1) is 0 Å².